The highest BCUT2D eigenvalue weighted by molar-refractivity contribution is 5.81. The van der Waals surface area contributed by atoms with E-state index < -0.39 is 17.7 Å². The van der Waals surface area contributed by atoms with Crippen LogP contribution in [-0.2, 0) is 19.0 Å². The smallest absolute Gasteiger partial charge is 0.460 e. The molecule has 0 saturated carbocycles. The largest absolute Gasteiger partial charge is 0.509 e. The van der Waals surface area contributed by atoms with Gasteiger partial charge in [-0.2, -0.15) is 0 Å². The number of carbonyl (C=O) groups is 2. The molecule has 0 rings (SSSR count). The zero-order valence-electron chi connectivity index (χ0n) is 10.7. The molecule has 0 radical (unpaired) electrons. The standard InChI is InChI=1S/C11H20O5/c1-7(2)14-9(12)11(5,6)16-10(13)15-8(3)4/h7-8H,1-6H3. The summed E-state index contributed by atoms with van der Waals surface area (Å²) in [7, 11) is 0. The van der Waals surface area contributed by atoms with Gasteiger partial charge in [0.1, 0.15) is 0 Å². The molecule has 0 aromatic heterocycles. The molecular weight excluding hydrogens is 212 g/mol. The van der Waals surface area contributed by atoms with Crippen molar-refractivity contribution in [3.63, 3.8) is 0 Å². The maximum Gasteiger partial charge on any atom is 0.509 e. The van der Waals surface area contributed by atoms with Crippen LogP contribution in [0.2, 0.25) is 0 Å². The first-order valence-electron chi connectivity index (χ1n) is 5.26. The van der Waals surface area contributed by atoms with E-state index in [1.807, 2.05) is 0 Å². The quantitative estimate of drug-likeness (QED) is 0.696. The van der Waals surface area contributed by atoms with Crippen LogP contribution < -0.4 is 0 Å². The molecule has 0 N–H and O–H groups in total. The van der Waals surface area contributed by atoms with Crippen LogP contribution >= 0.6 is 0 Å². The van der Waals surface area contributed by atoms with Gasteiger partial charge in [0.05, 0.1) is 12.2 Å². The zero-order chi connectivity index (χ0) is 12.9. The van der Waals surface area contributed by atoms with E-state index in [1.165, 1.54) is 13.8 Å². The van der Waals surface area contributed by atoms with Crippen molar-refractivity contribution in [2.24, 2.45) is 0 Å². The molecular formula is C11H20O5. The lowest BCUT2D eigenvalue weighted by molar-refractivity contribution is -0.168. The number of hydrogen-bond acceptors (Lipinski definition) is 5. The first-order chi connectivity index (χ1) is 7.15. The highest BCUT2D eigenvalue weighted by Gasteiger charge is 2.35. The van der Waals surface area contributed by atoms with Crippen molar-refractivity contribution in [1.82, 2.24) is 0 Å². The van der Waals surface area contributed by atoms with Crippen molar-refractivity contribution in [2.45, 2.75) is 59.4 Å². The van der Waals surface area contributed by atoms with Crippen LogP contribution in [0.3, 0.4) is 0 Å². The van der Waals surface area contributed by atoms with Crippen LogP contribution in [0.15, 0.2) is 0 Å². The molecule has 0 fully saturated rings. The third kappa shape index (κ3) is 5.58. The Labute approximate surface area is 96.1 Å². The molecule has 0 aromatic carbocycles. The normalized spacial score (nSPS) is 11.5. The summed E-state index contributed by atoms with van der Waals surface area (Å²) in [4.78, 5) is 22.7. The molecule has 94 valence electrons. The average molecular weight is 232 g/mol. The molecule has 0 aliphatic carbocycles. The van der Waals surface area contributed by atoms with Gasteiger partial charge in [-0.15, -0.1) is 0 Å². The Balaban J connectivity index is 4.33. The Hall–Kier alpha value is -1.26. The maximum atomic E-state index is 11.5. The van der Waals surface area contributed by atoms with Crippen LogP contribution in [0.25, 0.3) is 0 Å². The monoisotopic (exact) mass is 232 g/mol. The second-order valence-electron chi connectivity index (χ2n) is 4.48. The van der Waals surface area contributed by atoms with Crippen LogP contribution in [0.4, 0.5) is 4.79 Å². The van der Waals surface area contributed by atoms with E-state index in [-0.39, 0.29) is 12.2 Å². The lowest BCUT2D eigenvalue weighted by atomic mass is 10.1. The summed E-state index contributed by atoms with van der Waals surface area (Å²) >= 11 is 0. The lowest BCUT2D eigenvalue weighted by Crippen LogP contribution is -2.40. The summed E-state index contributed by atoms with van der Waals surface area (Å²) in [6.45, 7) is 9.75. The highest BCUT2D eigenvalue weighted by atomic mass is 16.7. The van der Waals surface area contributed by atoms with Crippen molar-refractivity contribution in [2.75, 3.05) is 0 Å². The Morgan fingerprint density at radius 1 is 0.938 bits per heavy atom. The molecule has 16 heavy (non-hydrogen) atoms. The van der Waals surface area contributed by atoms with E-state index in [0.717, 1.165) is 0 Å². The first-order valence-corrected chi connectivity index (χ1v) is 5.26. The van der Waals surface area contributed by atoms with E-state index in [4.69, 9.17) is 14.2 Å². The third-order valence-corrected chi connectivity index (χ3v) is 1.50. The van der Waals surface area contributed by atoms with Gasteiger partial charge in [0.15, 0.2) is 0 Å². The molecule has 0 aliphatic heterocycles. The molecule has 0 spiro atoms. The van der Waals surface area contributed by atoms with Crippen LogP contribution in [0.5, 0.6) is 0 Å². The average Bonchev–Trinajstić information content (AvgIpc) is 1.98. The van der Waals surface area contributed by atoms with Crippen molar-refractivity contribution < 1.29 is 23.8 Å². The van der Waals surface area contributed by atoms with Crippen LogP contribution in [-0.4, -0.2) is 29.9 Å². The van der Waals surface area contributed by atoms with Crippen molar-refractivity contribution in [3.8, 4) is 0 Å². The van der Waals surface area contributed by atoms with Gasteiger partial charge in [0.25, 0.3) is 0 Å². The maximum absolute atomic E-state index is 11.5. The molecule has 0 heterocycles. The number of hydrogen-bond donors (Lipinski definition) is 0. The minimum absolute atomic E-state index is 0.253. The van der Waals surface area contributed by atoms with E-state index in [0.29, 0.717) is 0 Å². The molecule has 0 unspecified atom stereocenters. The Kier molecular flexibility index (Phi) is 5.27. The van der Waals surface area contributed by atoms with Gasteiger partial charge in [-0.1, -0.05) is 0 Å². The minimum Gasteiger partial charge on any atom is -0.460 e. The van der Waals surface area contributed by atoms with Crippen molar-refractivity contribution in [1.29, 1.82) is 0 Å². The lowest BCUT2D eigenvalue weighted by Gasteiger charge is -2.24. The van der Waals surface area contributed by atoms with Crippen molar-refractivity contribution >= 4 is 12.1 Å². The van der Waals surface area contributed by atoms with E-state index >= 15 is 0 Å². The second-order valence-corrected chi connectivity index (χ2v) is 4.48. The van der Waals surface area contributed by atoms with Gasteiger partial charge in [-0.25, -0.2) is 9.59 Å². The fraction of sp³-hybridized carbons (Fsp3) is 0.818. The van der Waals surface area contributed by atoms with Gasteiger partial charge >= 0.3 is 12.1 Å². The van der Waals surface area contributed by atoms with Gasteiger partial charge in [0, 0.05) is 0 Å². The summed E-state index contributed by atoms with van der Waals surface area (Å²) in [5.74, 6) is -0.594. The predicted octanol–water partition coefficient (Wildman–Crippen LogP) is 2.28. The summed E-state index contributed by atoms with van der Waals surface area (Å²) in [6, 6.07) is 0. The minimum atomic E-state index is -1.34. The number of carbonyl (C=O) groups excluding carboxylic acids is 2. The van der Waals surface area contributed by atoms with Gasteiger partial charge in [-0.3, -0.25) is 0 Å². The molecule has 5 nitrogen and oxygen atoms in total. The molecule has 0 amide bonds. The topological polar surface area (TPSA) is 61.8 Å². The molecule has 0 bridgehead atoms. The second kappa shape index (κ2) is 5.72. The van der Waals surface area contributed by atoms with Crippen molar-refractivity contribution in [3.05, 3.63) is 0 Å². The number of rotatable bonds is 4. The SMILES string of the molecule is CC(C)OC(=O)OC(C)(C)C(=O)OC(C)C. The summed E-state index contributed by atoms with van der Waals surface area (Å²) < 4.78 is 14.6. The van der Waals surface area contributed by atoms with E-state index in [1.54, 1.807) is 27.7 Å². The first kappa shape index (κ1) is 14.7. The third-order valence-electron chi connectivity index (χ3n) is 1.50. The Morgan fingerprint density at radius 3 is 1.75 bits per heavy atom. The fourth-order valence-electron chi connectivity index (χ4n) is 0.822. The molecule has 0 atom stereocenters. The Morgan fingerprint density at radius 2 is 1.38 bits per heavy atom. The fourth-order valence-corrected chi connectivity index (χ4v) is 0.822. The molecule has 5 heteroatoms. The summed E-state index contributed by atoms with van der Waals surface area (Å²) in [5, 5.41) is 0. The van der Waals surface area contributed by atoms with E-state index in [2.05, 4.69) is 0 Å². The van der Waals surface area contributed by atoms with Gasteiger partial charge < -0.3 is 14.2 Å². The predicted molar refractivity (Wildman–Crippen MR) is 58.0 cm³/mol. The number of esters is 1. The zero-order valence-corrected chi connectivity index (χ0v) is 10.7. The van der Waals surface area contributed by atoms with Gasteiger partial charge in [0.2, 0.25) is 5.60 Å². The number of ether oxygens (including phenoxy) is 3. The molecule has 0 aromatic rings. The summed E-state index contributed by atoms with van der Waals surface area (Å²) in [5.41, 5.74) is -1.34. The highest BCUT2D eigenvalue weighted by Crippen LogP contribution is 2.14. The van der Waals surface area contributed by atoms with Crippen LogP contribution in [0, 0.1) is 0 Å². The van der Waals surface area contributed by atoms with E-state index in [9.17, 15) is 9.59 Å². The van der Waals surface area contributed by atoms with Crippen LogP contribution in [0.1, 0.15) is 41.5 Å². The molecule has 0 aliphatic rings. The molecule has 0 saturated heterocycles. The Bertz CT molecular complexity index is 255. The summed E-state index contributed by atoms with van der Waals surface area (Å²) in [6.07, 6.45) is -1.42. The van der Waals surface area contributed by atoms with Gasteiger partial charge in [-0.05, 0) is 41.5 Å².